The molecule has 0 aliphatic carbocycles. The molecule has 62 heavy (non-hydrogen) atoms. The minimum atomic E-state index is -4.29. The minimum absolute atomic E-state index is 0.0785. The fourth-order valence-corrected chi connectivity index (χ4v) is 7.16. The summed E-state index contributed by atoms with van der Waals surface area (Å²) in [4.78, 5) is 23.0. The van der Waals surface area contributed by atoms with Crippen LogP contribution < -0.4 is 0 Å². The van der Waals surface area contributed by atoms with E-state index in [0.717, 1.165) is 83.5 Å². The summed E-state index contributed by atoms with van der Waals surface area (Å²) in [7, 11) is 1.64. The number of likely N-dealkylation sites (N-methyl/N-ethyl adjacent to an activating group) is 1. The number of nitrogens with zero attached hydrogens (tertiary/aromatic N) is 1. The van der Waals surface area contributed by atoms with E-state index >= 15 is 0 Å². The van der Waals surface area contributed by atoms with E-state index in [4.69, 9.17) is 18.5 Å². The maximum atomic E-state index is 12.7. The summed E-state index contributed by atoms with van der Waals surface area (Å²) >= 11 is 0. The third kappa shape index (κ3) is 48.7. The Balaban J connectivity index is 4.26. The zero-order chi connectivity index (χ0) is 45.5. The van der Waals surface area contributed by atoms with Crippen molar-refractivity contribution < 1.29 is 37.3 Å². The third-order valence-electron chi connectivity index (χ3n) is 10.2. The van der Waals surface area contributed by atoms with Gasteiger partial charge in [-0.1, -0.05) is 195 Å². The lowest BCUT2D eigenvalue weighted by molar-refractivity contribution is -0.870. The zero-order valence-corrected chi connectivity index (χ0v) is 41.5. The fourth-order valence-electron chi connectivity index (χ4n) is 6.41. The fraction of sp³-hybridized carbons (Fsp3) is 0.717. The topological polar surface area (TPSA) is 91.3 Å². The lowest BCUT2D eigenvalue weighted by Crippen LogP contribution is -2.37. The lowest BCUT2D eigenvalue weighted by atomic mass is 10.0. The number of allylic oxidation sites excluding steroid dienone is 14. The number of rotatable bonds is 45. The molecule has 2 unspecified atom stereocenters. The first kappa shape index (κ1) is 59.7. The summed E-state index contributed by atoms with van der Waals surface area (Å²) in [5.74, 6) is -0.346. The highest BCUT2D eigenvalue weighted by atomic mass is 31.2. The number of quaternary nitrogens is 1. The number of phosphoric ester groups is 1. The molecule has 2 atom stereocenters. The molecule has 0 saturated carbocycles. The van der Waals surface area contributed by atoms with Gasteiger partial charge in [0.15, 0.2) is 0 Å². The lowest BCUT2D eigenvalue weighted by Gasteiger charge is -2.24. The normalized spacial score (nSPS) is 14.4. The SMILES string of the molecule is CC/C=C\C/C=C\C/C=C\C/C=C\C/C=C\C/C=C\C/C=C\CCCCCC(=O)OC(COCCCCCCCCCCCCCCCCC)COP(=O)(O)OCC[N+](C)(C)C. The van der Waals surface area contributed by atoms with E-state index < -0.39 is 13.9 Å². The van der Waals surface area contributed by atoms with Gasteiger partial charge in [-0.25, -0.2) is 4.57 Å². The maximum Gasteiger partial charge on any atom is 0.472 e. The maximum absolute atomic E-state index is 12.7. The van der Waals surface area contributed by atoms with Gasteiger partial charge in [-0.3, -0.25) is 13.8 Å². The van der Waals surface area contributed by atoms with Crippen molar-refractivity contribution in [2.75, 3.05) is 54.1 Å². The van der Waals surface area contributed by atoms with E-state index in [1.54, 1.807) is 0 Å². The number of carbonyl (C=O) groups is 1. The molecule has 358 valence electrons. The van der Waals surface area contributed by atoms with Crippen molar-refractivity contribution in [2.45, 2.75) is 193 Å². The number of unbranched alkanes of at least 4 members (excludes halogenated alkanes) is 17. The molecule has 0 aliphatic heterocycles. The summed E-state index contributed by atoms with van der Waals surface area (Å²) in [5, 5.41) is 0. The van der Waals surface area contributed by atoms with Gasteiger partial charge >= 0.3 is 13.8 Å². The summed E-state index contributed by atoms with van der Waals surface area (Å²) in [5.41, 5.74) is 0. The van der Waals surface area contributed by atoms with E-state index in [1.807, 2.05) is 21.1 Å². The minimum Gasteiger partial charge on any atom is -0.457 e. The quantitative estimate of drug-likeness (QED) is 0.0214. The molecule has 0 aromatic carbocycles. The Morgan fingerprint density at radius 1 is 0.516 bits per heavy atom. The molecule has 0 amide bonds. The van der Waals surface area contributed by atoms with Crippen molar-refractivity contribution in [3.8, 4) is 0 Å². The second-order valence-corrected chi connectivity index (χ2v) is 18.9. The molecule has 9 heteroatoms. The molecular weight excluding hydrogens is 794 g/mol. The average Bonchev–Trinajstić information content (AvgIpc) is 3.23. The predicted molar refractivity (Wildman–Crippen MR) is 265 cm³/mol. The van der Waals surface area contributed by atoms with Gasteiger partial charge in [0.2, 0.25) is 0 Å². The van der Waals surface area contributed by atoms with Crippen molar-refractivity contribution in [1.82, 2.24) is 0 Å². The van der Waals surface area contributed by atoms with Gasteiger partial charge in [0.05, 0.1) is 34.4 Å². The first-order valence-electron chi connectivity index (χ1n) is 24.8. The predicted octanol–water partition coefficient (Wildman–Crippen LogP) is 15.2. The summed E-state index contributed by atoms with van der Waals surface area (Å²) < 4.78 is 35.1. The smallest absolute Gasteiger partial charge is 0.457 e. The van der Waals surface area contributed by atoms with Gasteiger partial charge in [-0.05, 0) is 70.6 Å². The highest BCUT2D eigenvalue weighted by molar-refractivity contribution is 7.47. The van der Waals surface area contributed by atoms with Gasteiger partial charge in [0.25, 0.3) is 0 Å². The standard InChI is InChI=1S/C53H94NO7P/c1-6-8-10-12-14-16-18-20-22-23-24-25-26-27-28-29-30-31-32-34-36-38-40-42-44-46-53(55)61-52(51-60-62(56,57)59-49-47-54(3,4)5)50-58-48-45-43-41-39-37-35-33-21-19-17-15-13-11-9-7-2/h8,10,14,16,20,22,24-25,27-28,30-31,34,36,52H,6-7,9,11-13,15,17-19,21,23,26,29,32-33,35,37-51H2,1-5H3/p+1/b10-8-,16-14-,22-20-,25-24-,28-27-,31-30-,36-34-. The molecule has 0 heterocycles. The van der Waals surface area contributed by atoms with Crippen LogP contribution in [0.5, 0.6) is 0 Å². The highest BCUT2D eigenvalue weighted by Crippen LogP contribution is 2.43. The Labute approximate surface area is 382 Å². The van der Waals surface area contributed by atoms with Crippen LogP contribution in [0, 0.1) is 0 Å². The molecule has 1 N–H and O–H groups in total. The number of hydrogen-bond acceptors (Lipinski definition) is 6. The van der Waals surface area contributed by atoms with Crippen LogP contribution in [0.15, 0.2) is 85.1 Å². The number of carbonyl (C=O) groups excluding carboxylic acids is 1. The Bertz CT molecular complexity index is 1260. The van der Waals surface area contributed by atoms with E-state index in [-0.39, 0.29) is 32.2 Å². The van der Waals surface area contributed by atoms with E-state index in [9.17, 15) is 14.3 Å². The average molecular weight is 889 g/mol. The number of ether oxygens (including phenoxy) is 2. The molecule has 0 aromatic rings. The molecule has 0 aliphatic rings. The Morgan fingerprint density at radius 2 is 0.935 bits per heavy atom. The van der Waals surface area contributed by atoms with Gasteiger partial charge in [-0.15, -0.1) is 0 Å². The first-order valence-corrected chi connectivity index (χ1v) is 26.3. The second kappa shape index (κ2) is 45.3. The van der Waals surface area contributed by atoms with Crippen LogP contribution in [0.25, 0.3) is 0 Å². The van der Waals surface area contributed by atoms with Crippen molar-refractivity contribution in [3.05, 3.63) is 85.1 Å². The van der Waals surface area contributed by atoms with Crippen LogP contribution in [0.2, 0.25) is 0 Å². The van der Waals surface area contributed by atoms with Crippen LogP contribution in [-0.4, -0.2) is 75.6 Å². The van der Waals surface area contributed by atoms with Crippen molar-refractivity contribution in [3.63, 3.8) is 0 Å². The molecule has 0 radical (unpaired) electrons. The molecule has 0 saturated heterocycles. The number of esters is 1. The Hall–Kier alpha value is -2.32. The van der Waals surface area contributed by atoms with Gasteiger partial charge in [-0.2, -0.15) is 0 Å². The highest BCUT2D eigenvalue weighted by Gasteiger charge is 2.26. The van der Waals surface area contributed by atoms with Crippen molar-refractivity contribution in [2.24, 2.45) is 0 Å². The number of hydrogen-bond donors (Lipinski definition) is 1. The summed E-state index contributed by atoms with van der Waals surface area (Å²) in [6.45, 7) is 5.46. The number of phosphoric acid groups is 1. The molecule has 8 nitrogen and oxygen atoms in total. The van der Waals surface area contributed by atoms with Crippen LogP contribution in [0.4, 0.5) is 0 Å². The second-order valence-electron chi connectivity index (χ2n) is 17.5. The van der Waals surface area contributed by atoms with Gasteiger partial charge in [0, 0.05) is 13.0 Å². The summed E-state index contributed by atoms with van der Waals surface area (Å²) in [6.07, 6.45) is 60.5. The van der Waals surface area contributed by atoms with E-state index in [1.165, 1.54) is 83.5 Å². The van der Waals surface area contributed by atoms with Crippen LogP contribution in [0.3, 0.4) is 0 Å². The third-order valence-corrected chi connectivity index (χ3v) is 11.2. The van der Waals surface area contributed by atoms with Crippen molar-refractivity contribution in [1.29, 1.82) is 0 Å². The molecule has 0 aromatic heterocycles. The zero-order valence-electron chi connectivity index (χ0n) is 40.6. The van der Waals surface area contributed by atoms with Gasteiger partial charge in [0.1, 0.15) is 19.3 Å². The largest absolute Gasteiger partial charge is 0.472 e. The molecular formula is C53H95NO7P+. The Morgan fingerprint density at radius 3 is 1.39 bits per heavy atom. The van der Waals surface area contributed by atoms with Crippen molar-refractivity contribution >= 4 is 13.8 Å². The van der Waals surface area contributed by atoms with E-state index in [2.05, 4.69) is 98.9 Å². The summed E-state index contributed by atoms with van der Waals surface area (Å²) in [6, 6.07) is 0. The first-order chi connectivity index (χ1) is 30.1. The molecule has 0 bridgehead atoms. The van der Waals surface area contributed by atoms with Gasteiger partial charge < -0.3 is 18.9 Å². The Kier molecular flexibility index (Phi) is 43.6. The van der Waals surface area contributed by atoms with Crippen LogP contribution >= 0.6 is 7.82 Å². The van der Waals surface area contributed by atoms with Crippen LogP contribution in [0.1, 0.15) is 187 Å². The van der Waals surface area contributed by atoms with E-state index in [0.29, 0.717) is 17.6 Å². The van der Waals surface area contributed by atoms with Crippen LogP contribution in [-0.2, 0) is 27.9 Å². The molecule has 0 spiro atoms. The monoisotopic (exact) mass is 889 g/mol. The molecule has 0 fully saturated rings. The molecule has 0 rings (SSSR count).